The molecule has 0 unspecified atom stereocenters. The Morgan fingerprint density at radius 1 is 1.31 bits per heavy atom. The number of carbonyl (C=O) groups is 1. The molecule has 0 radical (unpaired) electrons. The van der Waals surface area contributed by atoms with Crippen molar-refractivity contribution >= 4 is 17.6 Å². The Hall–Kier alpha value is -1.74. The topological polar surface area (TPSA) is 42.2 Å². The third-order valence-corrected chi connectivity index (χ3v) is 2.68. The van der Waals surface area contributed by atoms with Gasteiger partial charge in [-0.15, -0.1) is 0 Å². The molecular formula is C12H10ClNO2. The molecule has 0 aliphatic carbocycles. The molecule has 16 heavy (non-hydrogen) atoms. The monoisotopic (exact) mass is 235 g/mol. The summed E-state index contributed by atoms with van der Waals surface area (Å²) in [6.07, 6.45) is 3.32. The predicted molar refractivity (Wildman–Crippen MR) is 61.9 cm³/mol. The number of aromatic nitrogens is 1. The number of halogens is 1. The van der Waals surface area contributed by atoms with Gasteiger partial charge in [-0.2, -0.15) is 0 Å². The van der Waals surface area contributed by atoms with Gasteiger partial charge in [-0.1, -0.05) is 29.8 Å². The average Bonchev–Trinajstić information content (AvgIpc) is 2.70. The fourth-order valence-corrected chi connectivity index (χ4v) is 1.68. The first-order valence-corrected chi connectivity index (χ1v) is 5.17. The Labute approximate surface area is 97.9 Å². The molecule has 1 aromatic heterocycles. The molecule has 0 saturated carbocycles. The van der Waals surface area contributed by atoms with Crippen molar-refractivity contribution in [2.24, 2.45) is 0 Å². The third kappa shape index (κ3) is 2.25. The van der Waals surface area contributed by atoms with E-state index in [1.54, 1.807) is 23.0 Å². The van der Waals surface area contributed by atoms with E-state index < -0.39 is 5.97 Å². The van der Waals surface area contributed by atoms with E-state index in [4.69, 9.17) is 16.7 Å². The largest absolute Gasteiger partial charge is 0.478 e. The van der Waals surface area contributed by atoms with Gasteiger partial charge >= 0.3 is 5.97 Å². The van der Waals surface area contributed by atoms with Gasteiger partial charge in [0.15, 0.2) is 0 Å². The zero-order chi connectivity index (χ0) is 11.5. The first-order valence-electron chi connectivity index (χ1n) is 4.79. The van der Waals surface area contributed by atoms with E-state index in [0.717, 1.165) is 5.56 Å². The van der Waals surface area contributed by atoms with Gasteiger partial charge in [0.05, 0.1) is 5.56 Å². The fraction of sp³-hybridized carbons (Fsp3) is 0.0833. The number of benzene rings is 1. The summed E-state index contributed by atoms with van der Waals surface area (Å²) >= 11 is 6.01. The van der Waals surface area contributed by atoms with Crippen LogP contribution in [0.15, 0.2) is 42.7 Å². The maximum Gasteiger partial charge on any atom is 0.337 e. The summed E-state index contributed by atoms with van der Waals surface area (Å²) in [7, 11) is 0. The lowest BCUT2D eigenvalue weighted by molar-refractivity contribution is 0.0697. The molecule has 0 aliphatic heterocycles. The number of carboxylic acids is 1. The predicted octanol–water partition coefficient (Wildman–Crippen LogP) is 2.89. The summed E-state index contributed by atoms with van der Waals surface area (Å²) in [5, 5.41) is 9.47. The van der Waals surface area contributed by atoms with E-state index in [1.165, 1.54) is 0 Å². The Morgan fingerprint density at radius 2 is 2.06 bits per heavy atom. The summed E-state index contributed by atoms with van der Waals surface area (Å²) in [4.78, 5) is 10.7. The highest BCUT2D eigenvalue weighted by molar-refractivity contribution is 6.31. The number of hydrogen-bond acceptors (Lipinski definition) is 1. The van der Waals surface area contributed by atoms with Crippen molar-refractivity contribution in [3.8, 4) is 0 Å². The Balaban J connectivity index is 2.21. The lowest BCUT2D eigenvalue weighted by Crippen LogP contribution is -1.98. The molecule has 0 aliphatic rings. The second-order valence-electron chi connectivity index (χ2n) is 3.47. The average molecular weight is 236 g/mol. The number of carboxylic acid groups (broad SMARTS) is 1. The second-order valence-corrected chi connectivity index (χ2v) is 3.88. The van der Waals surface area contributed by atoms with Crippen molar-refractivity contribution in [1.29, 1.82) is 0 Å². The van der Waals surface area contributed by atoms with E-state index in [2.05, 4.69) is 0 Å². The van der Waals surface area contributed by atoms with Crippen LogP contribution in [0.2, 0.25) is 5.02 Å². The van der Waals surface area contributed by atoms with Crippen LogP contribution < -0.4 is 0 Å². The highest BCUT2D eigenvalue weighted by Crippen LogP contribution is 2.16. The van der Waals surface area contributed by atoms with Crippen molar-refractivity contribution in [3.05, 3.63) is 58.9 Å². The fourth-order valence-electron chi connectivity index (χ4n) is 1.49. The molecule has 0 atom stereocenters. The van der Waals surface area contributed by atoms with Crippen LogP contribution in [0.3, 0.4) is 0 Å². The quantitative estimate of drug-likeness (QED) is 0.889. The maximum absolute atomic E-state index is 10.7. The van der Waals surface area contributed by atoms with E-state index >= 15 is 0 Å². The zero-order valence-corrected chi connectivity index (χ0v) is 9.19. The van der Waals surface area contributed by atoms with Crippen LogP contribution in [-0.2, 0) is 6.54 Å². The van der Waals surface area contributed by atoms with Gasteiger partial charge in [0.1, 0.15) is 0 Å². The minimum atomic E-state index is -0.919. The lowest BCUT2D eigenvalue weighted by Gasteiger charge is -2.04. The summed E-state index contributed by atoms with van der Waals surface area (Å²) in [6, 6.07) is 9.08. The highest BCUT2D eigenvalue weighted by atomic mass is 35.5. The zero-order valence-electron chi connectivity index (χ0n) is 8.43. The van der Waals surface area contributed by atoms with Gasteiger partial charge in [0.2, 0.25) is 0 Å². The van der Waals surface area contributed by atoms with Crippen molar-refractivity contribution in [3.63, 3.8) is 0 Å². The summed E-state index contributed by atoms with van der Waals surface area (Å²) in [5.74, 6) is -0.919. The van der Waals surface area contributed by atoms with Crippen LogP contribution in [0.1, 0.15) is 15.9 Å². The van der Waals surface area contributed by atoms with Crippen LogP contribution in [0.25, 0.3) is 0 Å². The molecule has 4 heteroatoms. The normalized spacial score (nSPS) is 10.3. The second kappa shape index (κ2) is 4.41. The first kappa shape index (κ1) is 10.8. The molecule has 1 aromatic carbocycles. The van der Waals surface area contributed by atoms with Crippen LogP contribution >= 0.6 is 11.6 Å². The number of rotatable bonds is 3. The molecule has 1 heterocycles. The third-order valence-electron chi connectivity index (χ3n) is 2.31. The van der Waals surface area contributed by atoms with E-state index in [-0.39, 0.29) is 5.56 Å². The summed E-state index contributed by atoms with van der Waals surface area (Å²) in [6.45, 7) is 0.576. The molecule has 0 fully saturated rings. The molecule has 1 N–H and O–H groups in total. The first-order chi connectivity index (χ1) is 7.66. The van der Waals surface area contributed by atoms with E-state index in [1.807, 2.05) is 24.3 Å². The van der Waals surface area contributed by atoms with Gasteiger partial charge in [0.25, 0.3) is 0 Å². The summed E-state index contributed by atoms with van der Waals surface area (Å²) < 4.78 is 1.80. The standard InChI is InChI=1S/C12H10ClNO2/c13-11-4-2-1-3-9(11)7-14-6-5-10(8-14)12(15)16/h1-6,8H,7H2,(H,15,16). The van der Waals surface area contributed by atoms with Gasteiger partial charge in [-0.25, -0.2) is 4.79 Å². The Bertz CT molecular complexity index is 519. The highest BCUT2D eigenvalue weighted by Gasteiger charge is 2.05. The molecule has 3 nitrogen and oxygen atoms in total. The molecule has 0 spiro atoms. The number of aromatic carboxylic acids is 1. The molecule has 82 valence electrons. The van der Waals surface area contributed by atoms with Crippen LogP contribution in [-0.4, -0.2) is 15.6 Å². The SMILES string of the molecule is O=C(O)c1ccn(Cc2ccccc2Cl)c1. The Morgan fingerprint density at radius 3 is 2.69 bits per heavy atom. The minimum absolute atomic E-state index is 0.284. The van der Waals surface area contributed by atoms with Crippen LogP contribution in [0.4, 0.5) is 0 Å². The number of nitrogens with zero attached hydrogens (tertiary/aromatic N) is 1. The minimum Gasteiger partial charge on any atom is -0.478 e. The van der Waals surface area contributed by atoms with Gasteiger partial charge in [-0.05, 0) is 17.7 Å². The molecule has 2 rings (SSSR count). The van der Waals surface area contributed by atoms with Crippen molar-refractivity contribution in [2.45, 2.75) is 6.54 Å². The number of hydrogen-bond donors (Lipinski definition) is 1. The molecular weight excluding hydrogens is 226 g/mol. The molecule has 0 amide bonds. The maximum atomic E-state index is 10.7. The van der Waals surface area contributed by atoms with Crippen molar-refractivity contribution < 1.29 is 9.90 Å². The summed E-state index contributed by atoms with van der Waals surface area (Å²) in [5.41, 5.74) is 1.25. The molecule has 2 aromatic rings. The molecule has 0 saturated heterocycles. The van der Waals surface area contributed by atoms with Gasteiger partial charge < -0.3 is 9.67 Å². The lowest BCUT2D eigenvalue weighted by atomic mass is 10.2. The van der Waals surface area contributed by atoms with Crippen LogP contribution in [0.5, 0.6) is 0 Å². The van der Waals surface area contributed by atoms with Crippen molar-refractivity contribution in [1.82, 2.24) is 4.57 Å². The van der Waals surface area contributed by atoms with Crippen molar-refractivity contribution in [2.75, 3.05) is 0 Å². The van der Waals surface area contributed by atoms with Crippen LogP contribution in [0, 0.1) is 0 Å². The van der Waals surface area contributed by atoms with E-state index in [0.29, 0.717) is 11.6 Å². The molecule has 0 bridgehead atoms. The smallest absolute Gasteiger partial charge is 0.337 e. The Kier molecular flexibility index (Phi) is 2.97. The van der Waals surface area contributed by atoms with E-state index in [9.17, 15) is 4.79 Å². The van der Waals surface area contributed by atoms with Gasteiger partial charge in [0, 0.05) is 24.0 Å². The van der Waals surface area contributed by atoms with Gasteiger partial charge in [-0.3, -0.25) is 0 Å².